The molecule has 0 bridgehead atoms. The quantitative estimate of drug-likeness (QED) is 0.395. The van der Waals surface area contributed by atoms with Crippen LogP contribution in [0.2, 0.25) is 0 Å². The van der Waals surface area contributed by atoms with E-state index in [9.17, 15) is 19.8 Å². The van der Waals surface area contributed by atoms with Gasteiger partial charge in [-0.1, -0.05) is 24.3 Å². The fraction of sp³-hybridized carbons (Fsp3) is 0.143. The predicted molar refractivity (Wildman–Crippen MR) is 111 cm³/mol. The molecule has 0 atom stereocenters. The van der Waals surface area contributed by atoms with Crippen LogP contribution >= 0.6 is 0 Å². The van der Waals surface area contributed by atoms with Crippen LogP contribution in [0.15, 0.2) is 48.6 Å². The fourth-order valence-corrected chi connectivity index (χ4v) is 2.26. The molecule has 0 radical (unpaired) electrons. The van der Waals surface area contributed by atoms with Gasteiger partial charge < -0.3 is 19.7 Å². The molecule has 0 aliphatic heterocycles. The van der Waals surface area contributed by atoms with E-state index in [0.717, 1.165) is 0 Å². The van der Waals surface area contributed by atoms with Crippen LogP contribution in [0.5, 0.6) is 23.0 Å². The van der Waals surface area contributed by atoms with Gasteiger partial charge in [0.15, 0.2) is 34.6 Å². The molecule has 2 aromatic rings. The van der Waals surface area contributed by atoms with E-state index in [4.69, 9.17) is 9.47 Å². The van der Waals surface area contributed by atoms with Gasteiger partial charge in [0, 0.05) is 0 Å². The van der Waals surface area contributed by atoms with Gasteiger partial charge in [-0.15, -0.1) is 0 Å². The zero-order valence-corrected chi connectivity index (χ0v) is 15.0. The van der Waals surface area contributed by atoms with Gasteiger partial charge >= 0.3 is 37.7 Å². The summed E-state index contributed by atoms with van der Waals surface area (Å²) in [6.45, 7) is 0. The number of phenolic OH excluding ortho intramolecular Hbond substituents is 2. The third kappa shape index (κ3) is 7.03. The summed E-state index contributed by atoms with van der Waals surface area (Å²) in [7, 11) is 2.87. The number of rotatable bonds is 8. The number of benzene rings is 2. The second-order valence-electron chi connectivity index (χ2n) is 5.64. The number of methoxy groups -OCH3 is 2. The minimum absolute atomic E-state index is 0. The molecule has 0 fully saturated rings. The normalized spacial score (nSPS) is 10.6. The summed E-state index contributed by atoms with van der Waals surface area (Å²) in [4.78, 5) is 23.9. The van der Waals surface area contributed by atoms with Crippen LogP contribution in [-0.2, 0) is 9.59 Å². The fourth-order valence-electron chi connectivity index (χ4n) is 2.26. The van der Waals surface area contributed by atoms with Crippen molar-refractivity contribution in [2.24, 2.45) is 0 Å². The Morgan fingerprint density at radius 2 is 1.21 bits per heavy atom. The standard InChI is InChI=1S/C21H20O6.Ca.2H/c1-26-20-11-14(5-9-18(20)24)3-7-16(22)13-17(23)8-4-15-6-10-19(25)21(12-15)27-2;;;/h3-12,24-25H,13H2,1-2H3;;;/b7-3+,8-4+;;;. The number of carbonyl (C=O) groups excluding carboxylic acids is 2. The molecule has 6 nitrogen and oxygen atoms in total. The van der Waals surface area contributed by atoms with Crippen molar-refractivity contribution in [3.05, 3.63) is 59.7 Å². The molecular formula is C21H22CaO6. The summed E-state index contributed by atoms with van der Waals surface area (Å²) in [6.07, 6.45) is 5.44. The van der Waals surface area contributed by atoms with Crippen LogP contribution < -0.4 is 9.47 Å². The number of ketones is 2. The van der Waals surface area contributed by atoms with E-state index < -0.39 is 0 Å². The number of phenols is 2. The van der Waals surface area contributed by atoms with Gasteiger partial charge in [-0.05, 0) is 47.5 Å². The van der Waals surface area contributed by atoms with Gasteiger partial charge in [0.05, 0.1) is 20.6 Å². The average molecular weight is 410 g/mol. The van der Waals surface area contributed by atoms with Crippen molar-refractivity contribution in [3.8, 4) is 23.0 Å². The first kappa shape index (κ1) is 23.8. The van der Waals surface area contributed by atoms with E-state index in [0.29, 0.717) is 22.6 Å². The zero-order chi connectivity index (χ0) is 19.8. The molecule has 2 N–H and O–H groups in total. The maximum absolute atomic E-state index is 11.9. The first-order valence-electron chi connectivity index (χ1n) is 8.08. The third-order valence-corrected chi connectivity index (χ3v) is 3.68. The van der Waals surface area contributed by atoms with Crippen LogP contribution in [0, 0.1) is 0 Å². The van der Waals surface area contributed by atoms with Crippen LogP contribution in [0.1, 0.15) is 17.5 Å². The number of hydrogen-bond acceptors (Lipinski definition) is 6. The van der Waals surface area contributed by atoms with Crippen molar-refractivity contribution in [2.75, 3.05) is 14.2 Å². The second kappa shape index (κ2) is 11.5. The van der Waals surface area contributed by atoms with Crippen molar-refractivity contribution in [1.29, 1.82) is 0 Å². The minimum atomic E-state index is -0.347. The SMILES string of the molecule is COc1cc(/C=C/C(=O)CC(=O)/C=C/c2ccc(O)c(OC)c2)ccc1O.[CaH2]. The van der Waals surface area contributed by atoms with Gasteiger partial charge in [-0.2, -0.15) is 0 Å². The maximum atomic E-state index is 11.9. The second-order valence-corrected chi connectivity index (χ2v) is 5.64. The van der Waals surface area contributed by atoms with Crippen molar-refractivity contribution >= 4 is 61.5 Å². The molecule has 28 heavy (non-hydrogen) atoms. The number of aromatic hydroxyl groups is 2. The van der Waals surface area contributed by atoms with Crippen LogP contribution in [0.25, 0.3) is 12.2 Å². The molecule has 0 amide bonds. The molecule has 0 spiro atoms. The Hall–Kier alpha value is -2.28. The molecule has 0 aliphatic carbocycles. The number of ether oxygens (including phenoxy) is 2. The van der Waals surface area contributed by atoms with E-state index in [-0.39, 0.29) is 67.2 Å². The topological polar surface area (TPSA) is 93.1 Å². The zero-order valence-electron chi connectivity index (χ0n) is 15.0. The van der Waals surface area contributed by atoms with Crippen molar-refractivity contribution in [3.63, 3.8) is 0 Å². The Kier molecular flexibility index (Phi) is 9.79. The number of allylic oxidation sites excluding steroid dienone is 2. The Bertz CT molecular complexity index is 828. The summed E-state index contributed by atoms with van der Waals surface area (Å²) in [6, 6.07) is 9.34. The molecule has 2 rings (SSSR count). The predicted octanol–water partition coefficient (Wildman–Crippen LogP) is 2.45. The number of hydrogen-bond donors (Lipinski definition) is 2. The van der Waals surface area contributed by atoms with Crippen molar-refractivity contribution in [2.45, 2.75) is 6.42 Å². The first-order valence-corrected chi connectivity index (χ1v) is 8.08. The van der Waals surface area contributed by atoms with Crippen molar-refractivity contribution in [1.82, 2.24) is 0 Å². The molecule has 144 valence electrons. The molecule has 0 aromatic heterocycles. The van der Waals surface area contributed by atoms with E-state index >= 15 is 0 Å². The Balaban J connectivity index is 0.00000392. The van der Waals surface area contributed by atoms with Gasteiger partial charge in [0.25, 0.3) is 0 Å². The van der Waals surface area contributed by atoms with Crippen LogP contribution in [0.3, 0.4) is 0 Å². The van der Waals surface area contributed by atoms with Gasteiger partial charge in [-0.3, -0.25) is 9.59 Å². The molecule has 7 heteroatoms. The Labute approximate surface area is 193 Å². The van der Waals surface area contributed by atoms with E-state index in [1.807, 2.05) is 0 Å². The van der Waals surface area contributed by atoms with Gasteiger partial charge in [0.2, 0.25) is 0 Å². The first-order chi connectivity index (χ1) is 12.9. The number of carbonyl (C=O) groups is 2. The van der Waals surface area contributed by atoms with Crippen LogP contribution in [-0.4, -0.2) is 73.7 Å². The van der Waals surface area contributed by atoms with E-state index in [2.05, 4.69) is 0 Å². The molecule has 0 heterocycles. The molecule has 0 aliphatic rings. The van der Waals surface area contributed by atoms with Crippen LogP contribution in [0.4, 0.5) is 0 Å². The summed E-state index contributed by atoms with van der Waals surface area (Å²) in [5, 5.41) is 19.1. The summed E-state index contributed by atoms with van der Waals surface area (Å²) >= 11 is 0. The van der Waals surface area contributed by atoms with E-state index in [1.54, 1.807) is 36.4 Å². The third-order valence-electron chi connectivity index (χ3n) is 3.68. The monoisotopic (exact) mass is 410 g/mol. The summed E-state index contributed by atoms with van der Waals surface area (Å²) in [5.74, 6) is -0.0832. The molecule has 2 aromatic carbocycles. The van der Waals surface area contributed by atoms with Gasteiger partial charge in [-0.25, -0.2) is 0 Å². The molecule has 0 saturated heterocycles. The van der Waals surface area contributed by atoms with E-state index in [1.165, 1.54) is 38.5 Å². The molecule has 0 saturated carbocycles. The van der Waals surface area contributed by atoms with Gasteiger partial charge in [0.1, 0.15) is 0 Å². The van der Waals surface area contributed by atoms with Crippen molar-refractivity contribution < 1.29 is 29.3 Å². The molecule has 0 unspecified atom stereocenters. The summed E-state index contributed by atoms with van der Waals surface area (Å²) < 4.78 is 10.00. The Morgan fingerprint density at radius 1 is 0.821 bits per heavy atom. The summed E-state index contributed by atoms with van der Waals surface area (Å²) in [5.41, 5.74) is 1.33. The Morgan fingerprint density at radius 3 is 1.57 bits per heavy atom. The molecular weight excluding hydrogens is 388 g/mol. The average Bonchev–Trinajstić information content (AvgIpc) is 2.66.